The molecule has 3 aromatic rings. The lowest BCUT2D eigenvalue weighted by atomic mass is 10.1. The Labute approximate surface area is 141 Å². The number of anilines is 1. The standard InChI is InChI=1S/C17H16N2O4S/c1-11-10-18-16-9-14(22-2)7-8-15(16)17(11)23-13-5-3-12(4-6-13)19-24(20)21/h3-10,24H,1-2H3,(H,19,20,21). The molecule has 0 spiro atoms. The highest BCUT2D eigenvalue weighted by atomic mass is 32.2. The molecule has 7 heteroatoms. The molecule has 0 amide bonds. The fourth-order valence-electron chi connectivity index (χ4n) is 2.33. The zero-order chi connectivity index (χ0) is 17.1. The van der Waals surface area contributed by atoms with Crippen molar-refractivity contribution in [2.24, 2.45) is 0 Å². The number of benzene rings is 2. The zero-order valence-corrected chi connectivity index (χ0v) is 14.0. The molecule has 6 nitrogen and oxygen atoms in total. The predicted octanol–water partition coefficient (Wildman–Crippen LogP) is 3.28. The van der Waals surface area contributed by atoms with E-state index in [1.165, 1.54) is 0 Å². The Morgan fingerprint density at radius 3 is 2.42 bits per heavy atom. The molecule has 1 heterocycles. The number of nitrogens with zero attached hydrogens (tertiary/aromatic N) is 1. The van der Waals surface area contributed by atoms with Gasteiger partial charge < -0.3 is 9.47 Å². The number of thiol groups is 1. The molecule has 1 aromatic heterocycles. The molecule has 24 heavy (non-hydrogen) atoms. The second-order valence-electron chi connectivity index (χ2n) is 5.15. The van der Waals surface area contributed by atoms with E-state index in [2.05, 4.69) is 9.71 Å². The maximum Gasteiger partial charge on any atom is 0.222 e. The minimum atomic E-state index is -2.68. The number of aryl methyl sites for hydroxylation is 1. The summed E-state index contributed by atoms with van der Waals surface area (Å²) in [5.74, 6) is 2.04. The van der Waals surface area contributed by atoms with Crippen molar-refractivity contribution in [3.63, 3.8) is 0 Å². The number of hydrogen-bond donors (Lipinski definition) is 2. The fraction of sp³-hybridized carbons (Fsp3) is 0.118. The number of methoxy groups -OCH3 is 1. The molecular weight excluding hydrogens is 328 g/mol. The third-order valence-corrected chi connectivity index (χ3v) is 3.94. The molecule has 0 saturated heterocycles. The van der Waals surface area contributed by atoms with Gasteiger partial charge in [0.25, 0.3) is 0 Å². The quantitative estimate of drug-likeness (QED) is 0.695. The van der Waals surface area contributed by atoms with Crippen LogP contribution in [0.3, 0.4) is 0 Å². The molecule has 0 bridgehead atoms. The minimum absolute atomic E-state index is 0.486. The van der Waals surface area contributed by atoms with E-state index in [1.807, 2.05) is 25.1 Å². The van der Waals surface area contributed by atoms with Crippen LogP contribution in [0.4, 0.5) is 5.69 Å². The molecule has 1 N–H and O–H groups in total. The number of fused-ring (bicyclic) bond motifs is 1. The summed E-state index contributed by atoms with van der Waals surface area (Å²) in [5.41, 5.74) is 2.16. The second kappa shape index (κ2) is 6.76. The van der Waals surface area contributed by atoms with E-state index in [1.54, 1.807) is 37.6 Å². The molecule has 2 aromatic carbocycles. The first-order valence-electron chi connectivity index (χ1n) is 7.19. The first kappa shape index (κ1) is 16.1. The summed E-state index contributed by atoms with van der Waals surface area (Å²) >= 11 is 0. The van der Waals surface area contributed by atoms with Gasteiger partial charge >= 0.3 is 0 Å². The van der Waals surface area contributed by atoms with Gasteiger partial charge in [-0.2, -0.15) is 0 Å². The number of ether oxygens (including phenoxy) is 2. The molecule has 3 rings (SSSR count). The van der Waals surface area contributed by atoms with Crippen molar-refractivity contribution in [1.82, 2.24) is 4.98 Å². The summed E-state index contributed by atoms with van der Waals surface area (Å²) in [7, 11) is -1.07. The van der Waals surface area contributed by atoms with E-state index in [9.17, 15) is 8.42 Å². The highest BCUT2D eigenvalue weighted by molar-refractivity contribution is 7.73. The number of hydrogen-bond acceptors (Lipinski definition) is 5. The normalized spacial score (nSPS) is 10.8. The van der Waals surface area contributed by atoms with Crippen molar-refractivity contribution in [2.45, 2.75) is 6.92 Å². The lowest BCUT2D eigenvalue weighted by Crippen LogP contribution is -1.95. The van der Waals surface area contributed by atoms with Crippen LogP contribution in [0, 0.1) is 6.92 Å². The van der Waals surface area contributed by atoms with E-state index < -0.39 is 10.9 Å². The van der Waals surface area contributed by atoms with Gasteiger partial charge in [0.2, 0.25) is 10.9 Å². The van der Waals surface area contributed by atoms with E-state index in [0.717, 1.165) is 22.2 Å². The Bertz CT molecular complexity index is 945. The first-order chi connectivity index (χ1) is 11.6. The molecule has 0 fully saturated rings. The van der Waals surface area contributed by atoms with Crippen LogP contribution >= 0.6 is 0 Å². The van der Waals surface area contributed by atoms with Gasteiger partial charge in [-0.3, -0.25) is 9.71 Å². The number of aromatic nitrogens is 1. The van der Waals surface area contributed by atoms with Gasteiger partial charge in [-0.25, -0.2) is 8.42 Å². The first-order valence-corrected chi connectivity index (χ1v) is 8.37. The van der Waals surface area contributed by atoms with Gasteiger partial charge in [0, 0.05) is 28.9 Å². The van der Waals surface area contributed by atoms with Crippen LogP contribution in [0.5, 0.6) is 17.2 Å². The summed E-state index contributed by atoms with van der Waals surface area (Å²) < 4.78 is 34.9. The number of pyridine rings is 1. The van der Waals surface area contributed by atoms with Crippen LogP contribution < -0.4 is 14.2 Å². The molecule has 0 saturated carbocycles. The van der Waals surface area contributed by atoms with Gasteiger partial charge in [-0.1, -0.05) is 0 Å². The van der Waals surface area contributed by atoms with Crippen molar-refractivity contribution in [1.29, 1.82) is 0 Å². The van der Waals surface area contributed by atoms with E-state index in [-0.39, 0.29) is 0 Å². The Morgan fingerprint density at radius 1 is 1.04 bits per heavy atom. The Kier molecular flexibility index (Phi) is 4.52. The summed E-state index contributed by atoms with van der Waals surface area (Å²) in [4.78, 5) is 4.40. The largest absolute Gasteiger partial charge is 0.497 e. The van der Waals surface area contributed by atoms with Gasteiger partial charge in [0.1, 0.15) is 17.2 Å². The average molecular weight is 344 g/mol. The topological polar surface area (TPSA) is 77.5 Å². The summed E-state index contributed by atoms with van der Waals surface area (Å²) in [6.45, 7) is 1.92. The molecule has 0 atom stereocenters. The monoisotopic (exact) mass is 344 g/mol. The lowest BCUT2D eigenvalue weighted by Gasteiger charge is -2.12. The van der Waals surface area contributed by atoms with E-state index in [0.29, 0.717) is 17.2 Å². The van der Waals surface area contributed by atoms with Gasteiger partial charge in [-0.05, 0) is 43.3 Å². The fourth-order valence-corrected chi connectivity index (χ4v) is 2.69. The Morgan fingerprint density at radius 2 is 1.75 bits per heavy atom. The Balaban J connectivity index is 1.95. The maximum atomic E-state index is 10.7. The van der Waals surface area contributed by atoms with Crippen LogP contribution in [0.2, 0.25) is 0 Å². The van der Waals surface area contributed by atoms with E-state index in [4.69, 9.17) is 9.47 Å². The predicted molar refractivity (Wildman–Crippen MR) is 93.5 cm³/mol. The van der Waals surface area contributed by atoms with Crippen molar-refractivity contribution >= 4 is 27.5 Å². The highest BCUT2D eigenvalue weighted by Crippen LogP contribution is 2.34. The number of rotatable bonds is 5. The second-order valence-corrected chi connectivity index (χ2v) is 5.89. The molecule has 0 aliphatic rings. The average Bonchev–Trinajstić information content (AvgIpc) is 2.58. The molecule has 0 radical (unpaired) electrons. The molecular formula is C17H16N2O4S. The van der Waals surface area contributed by atoms with Gasteiger partial charge in [0.15, 0.2) is 0 Å². The Hall–Kier alpha value is -2.80. The lowest BCUT2D eigenvalue weighted by molar-refractivity contribution is 0.415. The minimum Gasteiger partial charge on any atom is -0.497 e. The number of nitrogens with one attached hydrogen (secondary N) is 1. The van der Waals surface area contributed by atoms with Gasteiger partial charge in [0.05, 0.1) is 12.6 Å². The van der Waals surface area contributed by atoms with Crippen LogP contribution in [0.1, 0.15) is 5.56 Å². The van der Waals surface area contributed by atoms with Crippen molar-refractivity contribution in [2.75, 3.05) is 11.8 Å². The smallest absolute Gasteiger partial charge is 0.222 e. The van der Waals surface area contributed by atoms with Gasteiger partial charge in [-0.15, -0.1) is 0 Å². The zero-order valence-electron chi connectivity index (χ0n) is 13.1. The molecule has 124 valence electrons. The van der Waals surface area contributed by atoms with Crippen LogP contribution in [-0.2, 0) is 10.9 Å². The van der Waals surface area contributed by atoms with Crippen LogP contribution in [0.25, 0.3) is 10.9 Å². The summed E-state index contributed by atoms with van der Waals surface area (Å²) in [5, 5.41) is 0.876. The summed E-state index contributed by atoms with van der Waals surface area (Å²) in [6.07, 6.45) is 1.75. The SMILES string of the molecule is COc1ccc2c(Oc3ccc(N[SH](=O)=O)cc3)c(C)cnc2c1. The van der Waals surface area contributed by atoms with E-state index >= 15 is 0 Å². The summed E-state index contributed by atoms with van der Waals surface area (Å²) in [6, 6.07) is 12.3. The maximum absolute atomic E-state index is 10.7. The van der Waals surface area contributed by atoms with Crippen molar-refractivity contribution in [3.8, 4) is 17.2 Å². The molecule has 0 aliphatic heterocycles. The van der Waals surface area contributed by atoms with Crippen molar-refractivity contribution < 1.29 is 17.9 Å². The third kappa shape index (κ3) is 3.41. The van der Waals surface area contributed by atoms with Crippen molar-refractivity contribution in [3.05, 3.63) is 54.2 Å². The van der Waals surface area contributed by atoms with Crippen LogP contribution in [0.15, 0.2) is 48.7 Å². The molecule has 0 aliphatic carbocycles. The highest BCUT2D eigenvalue weighted by Gasteiger charge is 2.10. The molecule has 0 unspecified atom stereocenters. The third-order valence-electron chi connectivity index (χ3n) is 3.50. The van der Waals surface area contributed by atoms with Crippen LogP contribution in [-0.4, -0.2) is 20.5 Å².